The smallest absolute Gasteiger partial charge is 0.184 e. The highest BCUT2D eigenvalue weighted by Crippen LogP contribution is 2.28. The number of aromatic nitrogens is 2. The second-order valence-electron chi connectivity index (χ2n) is 5.15. The Hall–Kier alpha value is -1.16. The van der Waals surface area contributed by atoms with Gasteiger partial charge in [0.1, 0.15) is 11.3 Å². The highest BCUT2D eigenvalue weighted by molar-refractivity contribution is 6.20. The molecule has 0 aliphatic carbocycles. The van der Waals surface area contributed by atoms with Gasteiger partial charge in [-0.1, -0.05) is 13.8 Å². The number of alkyl halides is 1. The van der Waals surface area contributed by atoms with Crippen LogP contribution in [0.2, 0.25) is 0 Å². The lowest BCUT2D eigenvalue weighted by molar-refractivity contribution is 0.491. The Morgan fingerprint density at radius 1 is 1.26 bits per heavy atom. The average molecular weight is 287 g/mol. The maximum absolute atomic E-state index is 14.0. The Labute approximate surface area is 116 Å². The average Bonchev–Trinajstić information content (AvgIpc) is 2.71. The van der Waals surface area contributed by atoms with Crippen LogP contribution in [0.3, 0.4) is 0 Å². The molecule has 1 aromatic carbocycles. The van der Waals surface area contributed by atoms with Crippen LogP contribution < -0.4 is 0 Å². The van der Waals surface area contributed by atoms with E-state index in [2.05, 4.69) is 18.8 Å². The van der Waals surface area contributed by atoms with Crippen LogP contribution in [-0.2, 0) is 6.54 Å². The van der Waals surface area contributed by atoms with E-state index in [-0.39, 0.29) is 10.9 Å². The van der Waals surface area contributed by atoms with Gasteiger partial charge in [0.15, 0.2) is 11.6 Å². The van der Waals surface area contributed by atoms with Gasteiger partial charge in [0.2, 0.25) is 0 Å². The molecular weight excluding hydrogens is 270 g/mol. The second-order valence-corrected chi connectivity index (χ2v) is 5.80. The van der Waals surface area contributed by atoms with Gasteiger partial charge in [-0.25, -0.2) is 13.8 Å². The number of hydrogen-bond donors (Lipinski definition) is 0. The van der Waals surface area contributed by atoms with Crippen LogP contribution >= 0.6 is 11.6 Å². The van der Waals surface area contributed by atoms with Crippen LogP contribution in [0.1, 0.15) is 38.4 Å². The normalized spacial score (nSPS) is 13.4. The van der Waals surface area contributed by atoms with E-state index in [4.69, 9.17) is 11.6 Å². The van der Waals surface area contributed by atoms with Crippen LogP contribution in [0, 0.1) is 17.6 Å². The quantitative estimate of drug-likeness (QED) is 0.748. The van der Waals surface area contributed by atoms with Gasteiger partial charge in [-0.05, 0) is 31.4 Å². The maximum Gasteiger partial charge on any atom is 0.184 e. The summed E-state index contributed by atoms with van der Waals surface area (Å²) in [4.78, 5) is 4.32. The molecule has 0 aliphatic rings. The topological polar surface area (TPSA) is 17.8 Å². The standard InChI is InChI=1S/C14H17ClF2N2/c1-8(2)6-7-19-13-11(18-14(19)9(3)15)5-4-10(16)12(13)17/h4-5,8-9H,6-7H2,1-3H3. The van der Waals surface area contributed by atoms with Crippen molar-refractivity contribution in [1.82, 2.24) is 9.55 Å². The molecule has 1 aromatic heterocycles. The molecular formula is C14H17ClF2N2. The van der Waals surface area contributed by atoms with Crippen LogP contribution in [0.25, 0.3) is 11.0 Å². The molecule has 104 valence electrons. The van der Waals surface area contributed by atoms with Crippen molar-refractivity contribution in [3.05, 3.63) is 29.6 Å². The minimum Gasteiger partial charge on any atom is -0.324 e. The summed E-state index contributed by atoms with van der Waals surface area (Å²) < 4.78 is 29.1. The highest BCUT2D eigenvalue weighted by atomic mass is 35.5. The van der Waals surface area contributed by atoms with Crippen molar-refractivity contribution in [2.75, 3.05) is 0 Å². The zero-order valence-electron chi connectivity index (χ0n) is 11.3. The van der Waals surface area contributed by atoms with Crippen LogP contribution in [0.5, 0.6) is 0 Å². The van der Waals surface area contributed by atoms with Crippen molar-refractivity contribution < 1.29 is 8.78 Å². The third-order valence-corrected chi connectivity index (χ3v) is 3.31. The van der Waals surface area contributed by atoms with Gasteiger partial charge in [0, 0.05) is 6.54 Å². The van der Waals surface area contributed by atoms with Crippen molar-refractivity contribution >= 4 is 22.6 Å². The van der Waals surface area contributed by atoms with E-state index in [0.717, 1.165) is 12.5 Å². The summed E-state index contributed by atoms with van der Waals surface area (Å²) >= 11 is 6.09. The SMILES string of the molecule is CC(C)CCn1c(C(C)Cl)nc2ccc(F)c(F)c21. The Morgan fingerprint density at radius 3 is 2.53 bits per heavy atom. The van der Waals surface area contributed by atoms with Gasteiger partial charge in [0.05, 0.1) is 10.9 Å². The molecule has 0 aliphatic heterocycles. The molecule has 2 rings (SSSR count). The summed E-state index contributed by atoms with van der Waals surface area (Å²) in [5.41, 5.74) is 0.660. The number of halogens is 3. The fourth-order valence-corrected chi connectivity index (χ4v) is 2.26. The summed E-state index contributed by atoms with van der Waals surface area (Å²) in [6, 6.07) is 2.59. The lowest BCUT2D eigenvalue weighted by atomic mass is 10.1. The first-order valence-electron chi connectivity index (χ1n) is 6.40. The van der Waals surface area contributed by atoms with Gasteiger partial charge in [-0.2, -0.15) is 0 Å². The Morgan fingerprint density at radius 2 is 1.95 bits per heavy atom. The molecule has 1 atom stereocenters. The molecule has 1 unspecified atom stereocenters. The fourth-order valence-electron chi connectivity index (χ4n) is 2.09. The number of rotatable bonds is 4. The second kappa shape index (κ2) is 5.45. The van der Waals surface area contributed by atoms with Crippen molar-refractivity contribution in [3.63, 3.8) is 0 Å². The first-order valence-corrected chi connectivity index (χ1v) is 6.83. The monoisotopic (exact) mass is 286 g/mol. The number of fused-ring (bicyclic) bond motifs is 1. The van der Waals surface area contributed by atoms with E-state index in [1.165, 1.54) is 6.07 Å². The molecule has 0 N–H and O–H groups in total. The lowest BCUT2D eigenvalue weighted by Crippen LogP contribution is -2.08. The summed E-state index contributed by atoms with van der Waals surface area (Å²) in [6.07, 6.45) is 0.859. The van der Waals surface area contributed by atoms with E-state index in [1.54, 1.807) is 11.5 Å². The molecule has 0 bridgehead atoms. The summed E-state index contributed by atoms with van der Waals surface area (Å²) in [7, 11) is 0. The van der Waals surface area contributed by atoms with Gasteiger partial charge >= 0.3 is 0 Å². The molecule has 5 heteroatoms. The zero-order valence-corrected chi connectivity index (χ0v) is 12.0. The van der Waals surface area contributed by atoms with Crippen LogP contribution in [0.4, 0.5) is 8.78 Å². The summed E-state index contributed by atoms with van der Waals surface area (Å²) in [5.74, 6) is -0.654. The number of imidazole rings is 1. The lowest BCUT2D eigenvalue weighted by Gasteiger charge is -2.12. The van der Waals surface area contributed by atoms with Gasteiger partial charge in [0.25, 0.3) is 0 Å². The number of aryl methyl sites for hydroxylation is 1. The molecule has 1 heterocycles. The number of hydrogen-bond acceptors (Lipinski definition) is 1. The van der Waals surface area contributed by atoms with E-state index in [9.17, 15) is 8.78 Å². The molecule has 19 heavy (non-hydrogen) atoms. The minimum absolute atomic E-state index is 0.211. The predicted molar refractivity (Wildman–Crippen MR) is 73.4 cm³/mol. The van der Waals surface area contributed by atoms with Gasteiger partial charge < -0.3 is 4.57 Å². The first kappa shape index (κ1) is 14.3. The van der Waals surface area contributed by atoms with Crippen molar-refractivity contribution in [2.45, 2.75) is 39.1 Å². The Balaban J connectivity index is 2.60. The Bertz CT molecular complexity index is 591. The van der Waals surface area contributed by atoms with E-state index in [0.29, 0.717) is 23.8 Å². The molecule has 0 radical (unpaired) electrons. The molecule has 0 saturated heterocycles. The third-order valence-electron chi connectivity index (χ3n) is 3.12. The molecule has 2 nitrogen and oxygen atoms in total. The van der Waals surface area contributed by atoms with Gasteiger partial charge in [-0.3, -0.25) is 0 Å². The summed E-state index contributed by atoms with van der Waals surface area (Å²) in [6.45, 7) is 6.53. The van der Waals surface area contributed by atoms with Crippen LogP contribution in [0.15, 0.2) is 12.1 Å². The molecule has 0 spiro atoms. The minimum atomic E-state index is -0.855. The van der Waals surface area contributed by atoms with E-state index < -0.39 is 11.6 Å². The van der Waals surface area contributed by atoms with E-state index >= 15 is 0 Å². The highest BCUT2D eigenvalue weighted by Gasteiger charge is 2.19. The Kier molecular flexibility index (Phi) is 4.09. The van der Waals surface area contributed by atoms with Crippen molar-refractivity contribution in [1.29, 1.82) is 0 Å². The first-order chi connectivity index (χ1) is 8.91. The van der Waals surface area contributed by atoms with E-state index in [1.807, 2.05) is 0 Å². The van der Waals surface area contributed by atoms with Gasteiger partial charge in [-0.15, -0.1) is 11.6 Å². The maximum atomic E-state index is 14.0. The molecule has 0 saturated carbocycles. The van der Waals surface area contributed by atoms with Crippen LogP contribution in [-0.4, -0.2) is 9.55 Å². The summed E-state index contributed by atoms with van der Waals surface area (Å²) in [5, 5.41) is -0.345. The predicted octanol–water partition coefficient (Wildman–Crippen LogP) is 4.66. The third kappa shape index (κ3) is 2.73. The largest absolute Gasteiger partial charge is 0.324 e. The molecule has 0 amide bonds. The van der Waals surface area contributed by atoms with Crippen molar-refractivity contribution in [3.8, 4) is 0 Å². The number of benzene rings is 1. The number of nitrogens with zero attached hydrogens (tertiary/aromatic N) is 2. The zero-order chi connectivity index (χ0) is 14.2. The fraction of sp³-hybridized carbons (Fsp3) is 0.500. The molecule has 0 fully saturated rings. The van der Waals surface area contributed by atoms with Crippen molar-refractivity contribution in [2.24, 2.45) is 5.92 Å². The molecule has 2 aromatic rings.